The summed E-state index contributed by atoms with van der Waals surface area (Å²) >= 11 is 0. The predicted molar refractivity (Wildman–Crippen MR) is 107 cm³/mol. The molecule has 1 aromatic carbocycles. The van der Waals surface area contributed by atoms with E-state index in [1.54, 1.807) is 12.1 Å². The fourth-order valence-electron chi connectivity index (χ4n) is 3.25. The zero-order valence-electron chi connectivity index (χ0n) is 16.3. The first-order chi connectivity index (χ1) is 13.3. The predicted octanol–water partition coefficient (Wildman–Crippen LogP) is 0.373. The van der Waals surface area contributed by atoms with Crippen molar-refractivity contribution in [3.8, 4) is 0 Å². The Bertz CT molecular complexity index is 765. The monoisotopic (exact) mass is 410 g/mol. The summed E-state index contributed by atoms with van der Waals surface area (Å²) in [5.74, 6) is 0.0579. The standard InChI is InChI=1S/C19H30N4O4S/c1-2-18(24)22-16-4-3-12-23(14-16)13-10-19(25)21-11-9-15-5-7-17(8-6-15)28(20,26)27/h5-8,16H,2-4,9-14H2,1H3,(H,21,25)(H,22,24)(H2,20,26,27). The van der Waals surface area contributed by atoms with Gasteiger partial charge in [0.2, 0.25) is 21.8 Å². The highest BCUT2D eigenvalue weighted by Gasteiger charge is 2.21. The summed E-state index contributed by atoms with van der Waals surface area (Å²) in [5.41, 5.74) is 0.929. The molecule has 0 spiro atoms. The van der Waals surface area contributed by atoms with Crippen LogP contribution in [0.4, 0.5) is 0 Å². The molecular formula is C19H30N4O4S. The molecule has 1 fully saturated rings. The largest absolute Gasteiger partial charge is 0.356 e. The van der Waals surface area contributed by atoms with Crippen LogP contribution in [0.25, 0.3) is 0 Å². The van der Waals surface area contributed by atoms with Gasteiger partial charge in [0, 0.05) is 38.5 Å². The number of carbonyl (C=O) groups excluding carboxylic acids is 2. The summed E-state index contributed by atoms with van der Waals surface area (Å²) in [6, 6.07) is 6.51. The van der Waals surface area contributed by atoms with E-state index in [9.17, 15) is 18.0 Å². The maximum Gasteiger partial charge on any atom is 0.238 e. The molecule has 0 bridgehead atoms. The number of rotatable bonds is 9. The fourth-order valence-corrected chi connectivity index (χ4v) is 3.76. The summed E-state index contributed by atoms with van der Waals surface area (Å²) in [4.78, 5) is 25.9. The van der Waals surface area contributed by atoms with Gasteiger partial charge in [-0.1, -0.05) is 19.1 Å². The van der Waals surface area contributed by atoms with Crippen molar-refractivity contribution in [2.75, 3.05) is 26.2 Å². The number of amides is 2. The fraction of sp³-hybridized carbons (Fsp3) is 0.579. The van der Waals surface area contributed by atoms with E-state index in [0.717, 1.165) is 31.5 Å². The Balaban J connectivity index is 1.66. The molecule has 28 heavy (non-hydrogen) atoms. The lowest BCUT2D eigenvalue weighted by molar-refractivity contribution is -0.123. The number of nitrogens with one attached hydrogen (secondary N) is 2. The van der Waals surface area contributed by atoms with Gasteiger partial charge in [0.1, 0.15) is 0 Å². The second-order valence-electron chi connectivity index (χ2n) is 7.10. The number of nitrogens with two attached hydrogens (primary N) is 1. The quantitative estimate of drug-likeness (QED) is 0.543. The summed E-state index contributed by atoms with van der Waals surface area (Å²) < 4.78 is 22.5. The smallest absolute Gasteiger partial charge is 0.238 e. The Morgan fingerprint density at radius 3 is 2.57 bits per heavy atom. The van der Waals surface area contributed by atoms with E-state index < -0.39 is 10.0 Å². The van der Waals surface area contributed by atoms with Crippen molar-refractivity contribution in [1.29, 1.82) is 0 Å². The molecule has 2 amide bonds. The van der Waals surface area contributed by atoms with Gasteiger partial charge in [-0.3, -0.25) is 9.59 Å². The number of likely N-dealkylation sites (tertiary alicyclic amines) is 1. The second-order valence-corrected chi connectivity index (χ2v) is 8.66. The van der Waals surface area contributed by atoms with Gasteiger partial charge in [-0.25, -0.2) is 13.6 Å². The van der Waals surface area contributed by atoms with Gasteiger partial charge in [-0.15, -0.1) is 0 Å². The minimum atomic E-state index is -3.68. The third-order valence-electron chi connectivity index (χ3n) is 4.83. The summed E-state index contributed by atoms with van der Waals surface area (Å²) in [6.45, 7) is 4.74. The van der Waals surface area contributed by atoms with Crippen molar-refractivity contribution in [1.82, 2.24) is 15.5 Å². The second kappa shape index (κ2) is 10.5. The molecule has 8 nitrogen and oxygen atoms in total. The molecule has 0 saturated carbocycles. The molecule has 1 heterocycles. The summed E-state index contributed by atoms with van der Waals surface area (Å²) in [7, 11) is -3.68. The van der Waals surface area contributed by atoms with Crippen LogP contribution in [0.1, 0.15) is 38.2 Å². The average molecular weight is 411 g/mol. The molecule has 1 saturated heterocycles. The first-order valence-corrected chi connectivity index (χ1v) is 11.2. The Kier molecular flexibility index (Phi) is 8.40. The normalized spacial score (nSPS) is 17.9. The van der Waals surface area contributed by atoms with E-state index in [1.807, 2.05) is 6.92 Å². The van der Waals surface area contributed by atoms with Crippen LogP contribution in [0.2, 0.25) is 0 Å². The molecule has 1 unspecified atom stereocenters. The van der Waals surface area contributed by atoms with Crippen molar-refractivity contribution >= 4 is 21.8 Å². The van der Waals surface area contributed by atoms with Crippen LogP contribution in [0, 0.1) is 0 Å². The van der Waals surface area contributed by atoms with Gasteiger partial charge in [-0.05, 0) is 43.5 Å². The number of benzene rings is 1. The first-order valence-electron chi connectivity index (χ1n) is 9.68. The number of piperidine rings is 1. The number of primary sulfonamides is 1. The Morgan fingerprint density at radius 2 is 1.93 bits per heavy atom. The van der Waals surface area contributed by atoms with Gasteiger partial charge in [-0.2, -0.15) is 0 Å². The minimum absolute atomic E-state index is 0.0131. The Labute approximate surface area is 166 Å². The van der Waals surface area contributed by atoms with Crippen LogP contribution < -0.4 is 15.8 Å². The lowest BCUT2D eigenvalue weighted by Crippen LogP contribution is -2.48. The van der Waals surface area contributed by atoms with Gasteiger partial charge in [0.05, 0.1) is 4.90 Å². The van der Waals surface area contributed by atoms with Crippen LogP contribution >= 0.6 is 0 Å². The highest BCUT2D eigenvalue weighted by atomic mass is 32.2. The Hall–Kier alpha value is -1.97. The Morgan fingerprint density at radius 1 is 1.21 bits per heavy atom. The van der Waals surface area contributed by atoms with Crippen molar-refractivity contribution in [2.24, 2.45) is 5.14 Å². The van der Waals surface area contributed by atoms with E-state index in [4.69, 9.17) is 5.14 Å². The highest BCUT2D eigenvalue weighted by molar-refractivity contribution is 7.89. The van der Waals surface area contributed by atoms with Crippen LogP contribution in [0.3, 0.4) is 0 Å². The van der Waals surface area contributed by atoms with Crippen LogP contribution in [0.5, 0.6) is 0 Å². The molecule has 0 aromatic heterocycles. The number of hydrogen-bond donors (Lipinski definition) is 3. The summed E-state index contributed by atoms with van der Waals surface area (Å²) in [5, 5.41) is 11.0. The number of nitrogens with zero attached hydrogens (tertiary/aromatic N) is 1. The minimum Gasteiger partial charge on any atom is -0.356 e. The van der Waals surface area contributed by atoms with Crippen molar-refractivity contribution in [3.05, 3.63) is 29.8 Å². The molecule has 0 radical (unpaired) electrons. The molecule has 9 heteroatoms. The van der Waals surface area contributed by atoms with Crippen LogP contribution in [-0.4, -0.2) is 57.4 Å². The molecule has 1 atom stereocenters. The zero-order chi connectivity index (χ0) is 20.6. The van der Waals surface area contributed by atoms with Crippen molar-refractivity contribution < 1.29 is 18.0 Å². The molecule has 1 aliphatic rings. The lowest BCUT2D eigenvalue weighted by Gasteiger charge is -2.32. The maximum atomic E-state index is 12.1. The van der Waals surface area contributed by atoms with Gasteiger partial charge < -0.3 is 15.5 Å². The zero-order valence-corrected chi connectivity index (χ0v) is 17.1. The molecule has 156 valence electrons. The molecular weight excluding hydrogens is 380 g/mol. The number of hydrogen-bond acceptors (Lipinski definition) is 5. The highest BCUT2D eigenvalue weighted by Crippen LogP contribution is 2.11. The maximum absolute atomic E-state index is 12.1. The molecule has 1 aliphatic heterocycles. The summed E-state index contributed by atoms with van der Waals surface area (Å²) in [6.07, 6.45) is 3.53. The lowest BCUT2D eigenvalue weighted by atomic mass is 10.1. The van der Waals surface area contributed by atoms with E-state index in [1.165, 1.54) is 12.1 Å². The van der Waals surface area contributed by atoms with E-state index in [-0.39, 0.29) is 22.8 Å². The molecule has 1 aromatic rings. The van der Waals surface area contributed by atoms with Crippen molar-refractivity contribution in [2.45, 2.75) is 50.0 Å². The number of sulfonamides is 1. The third-order valence-corrected chi connectivity index (χ3v) is 5.76. The van der Waals surface area contributed by atoms with Crippen LogP contribution in [0.15, 0.2) is 29.2 Å². The molecule has 2 rings (SSSR count). The topological polar surface area (TPSA) is 122 Å². The van der Waals surface area contributed by atoms with Gasteiger partial charge >= 0.3 is 0 Å². The third kappa shape index (κ3) is 7.57. The number of carbonyl (C=O) groups is 2. The van der Waals surface area contributed by atoms with Crippen LogP contribution in [-0.2, 0) is 26.0 Å². The van der Waals surface area contributed by atoms with Gasteiger partial charge in [0.25, 0.3) is 0 Å². The average Bonchev–Trinajstić information content (AvgIpc) is 2.66. The first kappa shape index (κ1) is 22.3. The van der Waals surface area contributed by atoms with E-state index >= 15 is 0 Å². The van der Waals surface area contributed by atoms with Gasteiger partial charge in [0.15, 0.2) is 0 Å². The van der Waals surface area contributed by atoms with Crippen molar-refractivity contribution in [3.63, 3.8) is 0 Å². The van der Waals surface area contributed by atoms with E-state index in [2.05, 4.69) is 15.5 Å². The van der Waals surface area contributed by atoms with E-state index in [0.29, 0.717) is 32.4 Å². The SMILES string of the molecule is CCC(=O)NC1CCCN(CCC(=O)NCCc2ccc(S(N)(=O)=O)cc2)C1. The molecule has 0 aliphatic carbocycles. The molecule has 4 N–H and O–H groups in total.